The normalized spacial score (nSPS) is 11.1. The molecule has 0 aliphatic heterocycles. The van der Waals surface area contributed by atoms with Gasteiger partial charge in [0.1, 0.15) is 0 Å². The monoisotopic (exact) mass is 357 g/mol. The molecule has 0 saturated carbocycles. The SMILES string of the molecule is NS(=O)(=O)c1ccc(CCNC(=O)C(=O)NCCCCCO)cc1. The van der Waals surface area contributed by atoms with Crippen molar-refractivity contribution in [3.8, 4) is 0 Å². The Morgan fingerprint density at radius 2 is 1.54 bits per heavy atom. The summed E-state index contributed by atoms with van der Waals surface area (Å²) in [5, 5.41) is 18.6. The van der Waals surface area contributed by atoms with Gasteiger partial charge < -0.3 is 15.7 Å². The zero-order valence-corrected chi connectivity index (χ0v) is 14.1. The zero-order valence-electron chi connectivity index (χ0n) is 13.3. The van der Waals surface area contributed by atoms with E-state index in [4.69, 9.17) is 10.2 Å². The van der Waals surface area contributed by atoms with Crippen LogP contribution in [0, 0.1) is 0 Å². The Labute approximate surface area is 141 Å². The minimum Gasteiger partial charge on any atom is -0.396 e. The molecule has 0 saturated heterocycles. The number of carbonyl (C=O) groups is 2. The lowest BCUT2D eigenvalue weighted by atomic mass is 10.1. The molecule has 134 valence electrons. The molecule has 0 fully saturated rings. The third-order valence-electron chi connectivity index (χ3n) is 3.28. The largest absolute Gasteiger partial charge is 0.396 e. The Bertz CT molecular complexity index is 644. The third-order valence-corrected chi connectivity index (χ3v) is 4.21. The third kappa shape index (κ3) is 7.53. The van der Waals surface area contributed by atoms with Gasteiger partial charge in [0, 0.05) is 19.7 Å². The van der Waals surface area contributed by atoms with Crippen LogP contribution in [0.1, 0.15) is 24.8 Å². The molecule has 0 bridgehead atoms. The molecule has 0 radical (unpaired) electrons. The lowest BCUT2D eigenvalue weighted by Crippen LogP contribution is -2.41. The fraction of sp³-hybridized carbons (Fsp3) is 0.467. The Balaban J connectivity index is 2.28. The van der Waals surface area contributed by atoms with Crippen LogP contribution < -0.4 is 15.8 Å². The predicted octanol–water partition coefficient (Wildman–Crippen LogP) is -0.728. The lowest BCUT2D eigenvalue weighted by Gasteiger charge is -2.07. The molecule has 0 aromatic heterocycles. The minimum atomic E-state index is -3.72. The summed E-state index contributed by atoms with van der Waals surface area (Å²) < 4.78 is 22.3. The molecule has 0 atom stereocenters. The molecule has 0 aliphatic carbocycles. The average Bonchev–Trinajstić information content (AvgIpc) is 2.54. The van der Waals surface area contributed by atoms with E-state index in [1.54, 1.807) is 12.1 Å². The lowest BCUT2D eigenvalue weighted by molar-refractivity contribution is -0.139. The van der Waals surface area contributed by atoms with Crippen molar-refractivity contribution in [2.45, 2.75) is 30.6 Å². The second-order valence-electron chi connectivity index (χ2n) is 5.24. The van der Waals surface area contributed by atoms with Crippen LogP contribution in [0.5, 0.6) is 0 Å². The van der Waals surface area contributed by atoms with E-state index in [-0.39, 0.29) is 18.0 Å². The predicted molar refractivity (Wildman–Crippen MR) is 88.5 cm³/mol. The molecular weight excluding hydrogens is 334 g/mol. The van der Waals surface area contributed by atoms with Gasteiger partial charge in [-0.3, -0.25) is 9.59 Å². The number of sulfonamides is 1. The summed E-state index contributed by atoms with van der Waals surface area (Å²) in [6.07, 6.45) is 2.62. The van der Waals surface area contributed by atoms with E-state index < -0.39 is 21.8 Å². The molecule has 1 aromatic carbocycles. The Morgan fingerprint density at radius 1 is 0.958 bits per heavy atom. The summed E-state index contributed by atoms with van der Waals surface area (Å²) >= 11 is 0. The first-order chi connectivity index (χ1) is 11.3. The van der Waals surface area contributed by atoms with Crippen LogP contribution in [0.15, 0.2) is 29.2 Å². The Kier molecular flexibility index (Phi) is 8.37. The fourth-order valence-corrected chi connectivity index (χ4v) is 2.46. The molecule has 1 rings (SSSR count). The highest BCUT2D eigenvalue weighted by molar-refractivity contribution is 7.89. The van der Waals surface area contributed by atoms with Gasteiger partial charge in [-0.25, -0.2) is 13.6 Å². The number of hydrogen-bond donors (Lipinski definition) is 4. The van der Waals surface area contributed by atoms with Crippen LogP contribution >= 0.6 is 0 Å². The van der Waals surface area contributed by atoms with Crippen LogP contribution in [0.3, 0.4) is 0 Å². The van der Waals surface area contributed by atoms with Crippen LogP contribution in [0.2, 0.25) is 0 Å². The zero-order chi connectivity index (χ0) is 18.0. The topological polar surface area (TPSA) is 139 Å². The fourth-order valence-electron chi connectivity index (χ4n) is 1.94. The number of nitrogens with one attached hydrogen (secondary N) is 2. The first-order valence-electron chi connectivity index (χ1n) is 7.63. The van der Waals surface area contributed by atoms with E-state index in [2.05, 4.69) is 10.6 Å². The van der Waals surface area contributed by atoms with E-state index >= 15 is 0 Å². The van der Waals surface area contributed by atoms with Crippen molar-refractivity contribution in [3.63, 3.8) is 0 Å². The molecule has 0 spiro atoms. The van der Waals surface area contributed by atoms with Gasteiger partial charge in [0.2, 0.25) is 10.0 Å². The van der Waals surface area contributed by atoms with E-state index in [9.17, 15) is 18.0 Å². The Morgan fingerprint density at radius 3 is 2.08 bits per heavy atom. The summed E-state index contributed by atoms with van der Waals surface area (Å²) in [6, 6.07) is 6.00. The van der Waals surface area contributed by atoms with Crippen molar-refractivity contribution in [2.75, 3.05) is 19.7 Å². The molecule has 2 amide bonds. The van der Waals surface area contributed by atoms with Gasteiger partial charge in [0.05, 0.1) is 4.90 Å². The number of rotatable bonds is 9. The highest BCUT2D eigenvalue weighted by Gasteiger charge is 2.12. The molecule has 5 N–H and O–H groups in total. The molecule has 0 aliphatic rings. The Hall–Kier alpha value is -1.97. The molecule has 1 aromatic rings. The van der Waals surface area contributed by atoms with Gasteiger partial charge in [-0.2, -0.15) is 0 Å². The molecule has 0 heterocycles. The number of amides is 2. The van der Waals surface area contributed by atoms with Crippen molar-refractivity contribution >= 4 is 21.8 Å². The molecular formula is C15H23N3O5S. The van der Waals surface area contributed by atoms with Crippen molar-refractivity contribution in [2.24, 2.45) is 5.14 Å². The van der Waals surface area contributed by atoms with Gasteiger partial charge in [0.25, 0.3) is 0 Å². The van der Waals surface area contributed by atoms with Crippen LogP contribution in [-0.4, -0.2) is 45.0 Å². The van der Waals surface area contributed by atoms with Crippen molar-refractivity contribution < 1.29 is 23.1 Å². The molecule has 9 heteroatoms. The number of aliphatic hydroxyl groups excluding tert-OH is 1. The van der Waals surface area contributed by atoms with Gasteiger partial charge in [0.15, 0.2) is 0 Å². The summed E-state index contributed by atoms with van der Waals surface area (Å²) in [4.78, 5) is 23.1. The van der Waals surface area contributed by atoms with Crippen LogP contribution in [0.25, 0.3) is 0 Å². The second kappa shape index (κ2) is 10.0. The van der Waals surface area contributed by atoms with Gasteiger partial charge >= 0.3 is 11.8 Å². The maximum absolute atomic E-state index is 11.6. The summed E-state index contributed by atoms with van der Waals surface area (Å²) in [7, 11) is -3.72. The smallest absolute Gasteiger partial charge is 0.309 e. The molecule has 8 nitrogen and oxygen atoms in total. The number of hydrogen-bond acceptors (Lipinski definition) is 5. The number of unbranched alkanes of at least 4 members (excludes halogenated alkanes) is 2. The van der Waals surface area contributed by atoms with Gasteiger partial charge in [-0.05, 0) is 43.4 Å². The second-order valence-corrected chi connectivity index (χ2v) is 6.80. The quantitative estimate of drug-likeness (QED) is 0.341. The number of nitrogens with two attached hydrogens (primary N) is 1. The highest BCUT2D eigenvalue weighted by Crippen LogP contribution is 2.08. The van der Waals surface area contributed by atoms with E-state index in [0.29, 0.717) is 25.8 Å². The van der Waals surface area contributed by atoms with Gasteiger partial charge in [-0.15, -0.1) is 0 Å². The summed E-state index contributed by atoms with van der Waals surface area (Å²) in [5.41, 5.74) is 0.812. The van der Waals surface area contributed by atoms with Crippen molar-refractivity contribution in [3.05, 3.63) is 29.8 Å². The van der Waals surface area contributed by atoms with E-state index in [0.717, 1.165) is 12.0 Å². The maximum Gasteiger partial charge on any atom is 0.309 e. The molecule has 24 heavy (non-hydrogen) atoms. The number of benzene rings is 1. The number of primary sulfonamides is 1. The van der Waals surface area contributed by atoms with E-state index in [1.165, 1.54) is 12.1 Å². The summed E-state index contributed by atoms with van der Waals surface area (Å²) in [6.45, 7) is 0.763. The highest BCUT2D eigenvalue weighted by atomic mass is 32.2. The maximum atomic E-state index is 11.6. The number of aliphatic hydroxyl groups is 1. The number of carbonyl (C=O) groups excluding carboxylic acids is 2. The van der Waals surface area contributed by atoms with Crippen LogP contribution in [0.4, 0.5) is 0 Å². The van der Waals surface area contributed by atoms with Crippen molar-refractivity contribution in [1.82, 2.24) is 10.6 Å². The minimum absolute atomic E-state index is 0.0239. The first kappa shape index (κ1) is 20.1. The average molecular weight is 357 g/mol. The summed E-state index contributed by atoms with van der Waals surface area (Å²) in [5.74, 6) is -1.40. The standard InChI is InChI=1S/C15H23N3O5S/c16-24(22,23)13-6-4-12(5-7-13)8-10-18-15(21)14(20)17-9-2-1-3-11-19/h4-7,19H,1-3,8-11H2,(H,17,20)(H,18,21)(H2,16,22,23). The van der Waals surface area contributed by atoms with Crippen molar-refractivity contribution in [1.29, 1.82) is 0 Å². The first-order valence-corrected chi connectivity index (χ1v) is 9.18. The van der Waals surface area contributed by atoms with Gasteiger partial charge in [-0.1, -0.05) is 12.1 Å². The van der Waals surface area contributed by atoms with Crippen LogP contribution in [-0.2, 0) is 26.0 Å². The van der Waals surface area contributed by atoms with E-state index in [1.807, 2.05) is 0 Å². The molecule has 0 unspecified atom stereocenters.